The van der Waals surface area contributed by atoms with E-state index >= 15 is 0 Å². The third kappa shape index (κ3) is 3.21. The van der Waals surface area contributed by atoms with Crippen molar-refractivity contribution in [2.75, 3.05) is 7.11 Å². The second kappa shape index (κ2) is 6.67. The van der Waals surface area contributed by atoms with Gasteiger partial charge in [-0.25, -0.2) is 4.68 Å². The van der Waals surface area contributed by atoms with Crippen LogP contribution in [0.15, 0.2) is 48.1 Å². The molecule has 2 heterocycles. The Morgan fingerprint density at radius 2 is 2.17 bits per heavy atom. The fraction of sp³-hybridized carbons (Fsp3) is 0.118. The first kappa shape index (κ1) is 15.9. The lowest BCUT2D eigenvalue weighted by atomic mass is 10.1. The zero-order chi connectivity index (χ0) is 17.1. The number of hydrogen-bond donors (Lipinski definition) is 1. The van der Waals surface area contributed by atoms with E-state index in [0.717, 1.165) is 9.56 Å². The van der Waals surface area contributed by atoms with Gasteiger partial charge in [0.25, 0.3) is 5.91 Å². The van der Waals surface area contributed by atoms with Crippen molar-refractivity contribution in [3.8, 4) is 11.5 Å². The van der Waals surface area contributed by atoms with Gasteiger partial charge in [0.1, 0.15) is 11.5 Å². The minimum Gasteiger partial charge on any atom is -0.507 e. The van der Waals surface area contributed by atoms with Crippen LogP contribution in [0.3, 0.4) is 0 Å². The lowest BCUT2D eigenvalue weighted by Crippen LogP contribution is -2.13. The molecule has 0 aliphatic rings. The molecule has 0 saturated carbocycles. The largest absolute Gasteiger partial charge is 0.507 e. The van der Waals surface area contributed by atoms with Gasteiger partial charge >= 0.3 is 0 Å². The average Bonchev–Trinajstić information content (AvgIpc) is 3.26. The number of ether oxygens (including phenoxy) is 1. The molecule has 0 bridgehead atoms. The van der Waals surface area contributed by atoms with E-state index < -0.39 is 5.78 Å². The quantitative estimate of drug-likeness (QED) is 0.721. The smallest absolute Gasteiger partial charge is 0.252 e. The first-order valence-electron chi connectivity index (χ1n) is 7.10. The van der Waals surface area contributed by atoms with Crippen LogP contribution in [0.4, 0.5) is 0 Å². The molecule has 122 valence electrons. The van der Waals surface area contributed by atoms with Crippen molar-refractivity contribution in [1.82, 2.24) is 9.78 Å². The van der Waals surface area contributed by atoms with E-state index in [2.05, 4.69) is 5.10 Å². The highest BCUT2D eigenvalue weighted by atomic mass is 32.1. The number of hydrogen-bond acceptors (Lipinski definition) is 6. The summed E-state index contributed by atoms with van der Waals surface area (Å²) in [7, 11) is 1.47. The van der Waals surface area contributed by atoms with E-state index in [4.69, 9.17) is 4.74 Å². The highest BCUT2D eigenvalue weighted by molar-refractivity contribution is 7.10. The van der Waals surface area contributed by atoms with Crippen molar-refractivity contribution >= 4 is 23.0 Å². The number of methoxy groups -OCH3 is 1. The number of thiophene rings is 1. The number of phenolic OH excluding ortho intramolecular Hbond substituents is 1. The van der Waals surface area contributed by atoms with Gasteiger partial charge in [-0.1, -0.05) is 6.07 Å². The topological polar surface area (TPSA) is 81.4 Å². The number of rotatable bonds is 5. The predicted molar refractivity (Wildman–Crippen MR) is 89.0 cm³/mol. The van der Waals surface area contributed by atoms with Crippen molar-refractivity contribution < 1.29 is 19.4 Å². The van der Waals surface area contributed by atoms with Crippen molar-refractivity contribution in [2.24, 2.45) is 0 Å². The molecule has 0 unspecified atom stereocenters. The second-order valence-electron chi connectivity index (χ2n) is 5.04. The van der Waals surface area contributed by atoms with E-state index in [1.807, 2.05) is 17.5 Å². The maximum absolute atomic E-state index is 12.5. The highest BCUT2D eigenvalue weighted by Crippen LogP contribution is 2.25. The number of phenols is 1. The Balaban J connectivity index is 1.82. The number of carbonyl (C=O) groups is 2. The second-order valence-corrected chi connectivity index (χ2v) is 6.07. The molecule has 1 N–H and O–H groups in total. The SMILES string of the molecule is COc1ccc(O)c(C(=O)c2cnn(C(=O)Cc3cccs3)c2)c1. The summed E-state index contributed by atoms with van der Waals surface area (Å²) in [4.78, 5) is 25.6. The Kier molecular flexibility index (Phi) is 4.43. The maximum atomic E-state index is 12.5. The molecule has 2 aromatic heterocycles. The molecule has 0 saturated heterocycles. The van der Waals surface area contributed by atoms with Crippen LogP contribution in [0.25, 0.3) is 0 Å². The van der Waals surface area contributed by atoms with Crippen molar-refractivity contribution in [3.63, 3.8) is 0 Å². The number of nitrogens with zero attached hydrogens (tertiary/aromatic N) is 2. The van der Waals surface area contributed by atoms with Gasteiger partial charge in [-0.15, -0.1) is 11.3 Å². The van der Waals surface area contributed by atoms with E-state index in [-0.39, 0.29) is 29.2 Å². The number of carbonyl (C=O) groups excluding carboxylic acids is 2. The Hall–Kier alpha value is -2.93. The van der Waals surface area contributed by atoms with Gasteiger partial charge in [-0.2, -0.15) is 5.10 Å². The molecular formula is C17H14N2O4S. The minimum atomic E-state index is -0.429. The monoisotopic (exact) mass is 342 g/mol. The zero-order valence-electron chi connectivity index (χ0n) is 12.8. The van der Waals surface area contributed by atoms with Gasteiger partial charge < -0.3 is 9.84 Å². The first-order chi connectivity index (χ1) is 11.6. The summed E-state index contributed by atoms with van der Waals surface area (Å²) in [5.74, 6) is -0.358. The fourth-order valence-corrected chi connectivity index (χ4v) is 2.90. The molecule has 0 aliphatic heterocycles. The molecule has 0 radical (unpaired) electrons. The summed E-state index contributed by atoms with van der Waals surface area (Å²) >= 11 is 1.49. The van der Waals surface area contributed by atoms with Crippen LogP contribution in [0, 0.1) is 0 Å². The van der Waals surface area contributed by atoms with Gasteiger partial charge in [0, 0.05) is 11.1 Å². The molecule has 7 heteroatoms. The van der Waals surface area contributed by atoms with Gasteiger partial charge in [-0.05, 0) is 29.6 Å². The summed E-state index contributed by atoms with van der Waals surface area (Å²) in [6, 6.07) is 8.13. The lowest BCUT2D eigenvalue weighted by Gasteiger charge is -2.05. The van der Waals surface area contributed by atoms with Crippen LogP contribution in [0.5, 0.6) is 11.5 Å². The molecule has 1 aromatic carbocycles. The van der Waals surface area contributed by atoms with Crippen LogP contribution in [-0.2, 0) is 6.42 Å². The normalized spacial score (nSPS) is 10.5. The van der Waals surface area contributed by atoms with Crippen LogP contribution in [0.2, 0.25) is 0 Å². The summed E-state index contributed by atoms with van der Waals surface area (Å²) in [6.45, 7) is 0. The van der Waals surface area contributed by atoms with Crippen LogP contribution in [0.1, 0.15) is 25.6 Å². The Labute approximate surface area is 141 Å². The van der Waals surface area contributed by atoms with Gasteiger partial charge in [0.2, 0.25) is 0 Å². The molecule has 6 nitrogen and oxygen atoms in total. The van der Waals surface area contributed by atoms with Crippen molar-refractivity contribution in [1.29, 1.82) is 0 Å². The lowest BCUT2D eigenvalue weighted by molar-refractivity contribution is 0.0899. The zero-order valence-corrected chi connectivity index (χ0v) is 13.6. The molecule has 0 aliphatic carbocycles. The molecule has 0 amide bonds. The minimum absolute atomic E-state index is 0.0969. The maximum Gasteiger partial charge on any atom is 0.252 e. The number of aromatic nitrogens is 2. The standard InChI is InChI=1S/C17H14N2O4S/c1-23-12-4-5-15(20)14(7-12)17(22)11-9-18-19(10-11)16(21)8-13-3-2-6-24-13/h2-7,9-10,20H,8H2,1H3. The summed E-state index contributed by atoms with van der Waals surface area (Å²) < 4.78 is 6.20. The predicted octanol–water partition coefficient (Wildman–Crippen LogP) is 2.77. The van der Waals surface area contributed by atoms with E-state index in [9.17, 15) is 14.7 Å². The Morgan fingerprint density at radius 1 is 1.33 bits per heavy atom. The molecular weight excluding hydrogens is 328 g/mol. The molecule has 3 aromatic rings. The van der Waals surface area contributed by atoms with E-state index in [1.54, 1.807) is 6.07 Å². The van der Waals surface area contributed by atoms with Crippen LogP contribution >= 0.6 is 11.3 Å². The summed E-state index contributed by atoms with van der Waals surface area (Å²) in [5.41, 5.74) is 0.317. The van der Waals surface area contributed by atoms with Crippen LogP contribution < -0.4 is 4.74 Å². The number of benzene rings is 1. The van der Waals surface area contributed by atoms with E-state index in [0.29, 0.717) is 5.75 Å². The number of aromatic hydroxyl groups is 1. The fourth-order valence-electron chi connectivity index (χ4n) is 2.20. The molecule has 0 spiro atoms. The third-order valence-electron chi connectivity index (χ3n) is 3.45. The van der Waals surface area contributed by atoms with Crippen LogP contribution in [-0.4, -0.2) is 33.7 Å². The third-order valence-corrected chi connectivity index (χ3v) is 4.33. The molecule has 24 heavy (non-hydrogen) atoms. The molecule has 0 atom stereocenters. The van der Waals surface area contributed by atoms with Gasteiger partial charge in [0.15, 0.2) is 5.78 Å². The van der Waals surface area contributed by atoms with E-state index in [1.165, 1.54) is 43.0 Å². The molecule has 0 fully saturated rings. The Morgan fingerprint density at radius 3 is 2.88 bits per heavy atom. The summed E-state index contributed by atoms with van der Waals surface area (Å²) in [6.07, 6.45) is 2.90. The van der Waals surface area contributed by atoms with Gasteiger partial charge in [-0.3, -0.25) is 9.59 Å². The van der Waals surface area contributed by atoms with Crippen molar-refractivity contribution in [3.05, 3.63) is 64.1 Å². The summed E-state index contributed by atoms with van der Waals surface area (Å²) in [5, 5.41) is 15.7. The average molecular weight is 342 g/mol. The van der Waals surface area contributed by atoms with Gasteiger partial charge in [0.05, 0.1) is 30.9 Å². The Bertz CT molecular complexity index is 884. The first-order valence-corrected chi connectivity index (χ1v) is 7.98. The highest BCUT2D eigenvalue weighted by Gasteiger charge is 2.18. The number of ketones is 1. The van der Waals surface area contributed by atoms with Crippen molar-refractivity contribution in [2.45, 2.75) is 6.42 Å². The molecule has 3 rings (SSSR count).